The Labute approximate surface area is 139 Å². The summed E-state index contributed by atoms with van der Waals surface area (Å²) < 4.78 is 5.78. The minimum atomic E-state index is -0.597. The summed E-state index contributed by atoms with van der Waals surface area (Å²) in [6.45, 7) is 0. The summed E-state index contributed by atoms with van der Waals surface area (Å²) in [5.41, 5.74) is 9.25. The number of carbonyl (C=O) groups excluding carboxylic acids is 1. The van der Waals surface area contributed by atoms with Gasteiger partial charge >= 0.3 is 0 Å². The van der Waals surface area contributed by atoms with Crippen LogP contribution >= 0.6 is 0 Å². The Balaban J connectivity index is 1.45. The van der Waals surface area contributed by atoms with Gasteiger partial charge in [0.1, 0.15) is 5.52 Å². The summed E-state index contributed by atoms with van der Waals surface area (Å²) in [6, 6.07) is 14.7. The number of hydrogen-bond donors (Lipinski definition) is 2. The third-order valence-electron chi connectivity index (χ3n) is 4.23. The zero-order valence-corrected chi connectivity index (χ0v) is 13.2. The molecule has 1 aliphatic carbocycles. The average molecular weight is 321 g/mol. The largest absolute Gasteiger partial charge is 0.440 e. The molecule has 5 nitrogen and oxygen atoms in total. The highest BCUT2D eigenvalue weighted by Crippen LogP contribution is 2.40. The minimum absolute atomic E-state index is 0.208. The maximum atomic E-state index is 12.3. The topological polar surface area (TPSA) is 81.2 Å². The van der Waals surface area contributed by atoms with Gasteiger partial charge < -0.3 is 15.5 Å². The smallest absolute Gasteiger partial charge is 0.241 e. The molecule has 3 N–H and O–H groups in total. The normalized spacial score (nSPS) is 15.4. The molecule has 122 valence electrons. The molecule has 5 heteroatoms. The van der Waals surface area contributed by atoms with Crippen molar-refractivity contribution in [3.05, 3.63) is 60.0 Å². The number of carbonyl (C=O) groups is 1. The van der Waals surface area contributed by atoms with Crippen LogP contribution < -0.4 is 11.1 Å². The van der Waals surface area contributed by atoms with E-state index in [1.165, 1.54) is 0 Å². The number of rotatable bonds is 5. The molecular weight excluding hydrogens is 302 g/mol. The molecule has 1 aromatic heterocycles. The second kappa shape index (κ2) is 6.09. The van der Waals surface area contributed by atoms with Crippen molar-refractivity contribution in [2.45, 2.75) is 31.2 Å². The number of oxazole rings is 1. The molecule has 2 aromatic carbocycles. The van der Waals surface area contributed by atoms with Crippen LogP contribution in [0.3, 0.4) is 0 Å². The highest BCUT2D eigenvalue weighted by Gasteiger charge is 2.28. The molecule has 0 unspecified atom stereocenters. The number of hydrogen-bond acceptors (Lipinski definition) is 4. The average Bonchev–Trinajstić information content (AvgIpc) is 3.35. The summed E-state index contributed by atoms with van der Waals surface area (Å²) in [7, 11) is 0. The molecule has 3 aromatic rings. The van der Waals surface area contributed by atoms with Gasteiger partial charge in [-0.3, -0.25) is 4.79 Å². The molecule has 1 aliphatic rings. The van der Waals surface area contributed by atoms with Crippen molar-refractivity contribution >= 4 is 22.7 Å². The number of aromatic nitrogens is 1. The molecule has 1 atom stereocenters. The first-order valence-electron chi connectivity index (χ1n) is 8.20. The molecule has 0 spiro atoms. The molecular formula is C19H19N3O2. The summed E-state index contributed by atoms with van der Waals surface area (Å²) in [4.78, 5) is 16.8. The molecule has 1 amide bonds. The van der Waals surface area contributed by atoms with Gasteiger partial charge in [0.05, 0.1) is 6.04 Å². The second-order valence-electron chi connectivity index (χ2n) is 6.29. The first-order valence-corrected chi connectivity index (χ1v) is 8.20. The Morgan fingerprint density at radius 2 is 2.04 bits per heavy atom. The van der Waals surface area contributed by atoms with E-state index in [4.69, 9.17) is 10.2 Å². The molecule has 0 bridgehead atoms. The molecule has 4 rings (SSSR count). The fourth-order valence-corrected chi connectivity index (χ4v) is 2.72. The van der Waals surface area contributed by atoms with Crippen molar-refractivity contribution in [1.29, 1.82) is 0 Å². The Hall–Kier alpha value is -2.66. The van der Waals surface area contributed by atoms with E-state index in [9.17, 15) is 4.79 Å². The maximum Gasteiger partial charge on any atom is 0.241 e. The Kier molecular flexibility index (Phi) is 3.78. The molecule has 1 saturated carbocycles. The van der Waals surface area contributed by atoms with E-state index in [1.54, 1.807) is 6.07 Å². The van der Waals surface area contributed by atoms with Gasteiger partial charge in [0.2, 0.25) is 5.91 Å². The van der Waals surface area contributed by atoms with Crippen molar-refractivity contribution < 1.29 is 9.21 Å². The van der Waals surface area contributed by atoms with Crippen LogP contribution in [0.1, 0.15) is 30.2 Å². The quantitative estimate of drug-likeness (QED) is 0.756. The lowest BCUT2D eigenvalue weighted by Crippen LogP contribution is -2.37. The lowest BCUT2D eigenvalue weighted by atomic mass is 10.1. The van der Waals surface area contributed by atoms with Crippen molar-refractivity contribution in [2.24, 2.45) is 5.73 Å². The van der Waals surface area contributed by atoms with E-state index in [2.05, 4.69) is 10.3 Å². The van der Waals surface area contributed by atoms with Crippen LogP contribution in [0.5, 0.6) is 0 Å². The summed E-state index contributed by atoms with van der Waals surface area (Å²) in [5.74, 6) is 1.06. The SMILES string of the molecule is N[C@@H](Cc1ccccc1)C(=O)Nc1ccc2nc(C3CC3)oc2c1. The first-order chi connectivity index (χ1) is 11.7. The third kappa shape index (κ3) is 3.16. The Morgan fingerprint density at radius 1 is 1.25 bits per heavy atom. The van der Waals surface area contributed by atoms with Crippen molar-refractivity contribution in [3.63, 3.8) is 0 Å². The highest BCUT2D eigenvalue weighted by molar-refractivity contribution is 5.96. The number of fused-ring (bicyclic) bond motifs is 1. The third-order valence-corrected chi connectivity index (χ3v) is 4.23. The van der Waals surface area contributed by atoms with Gasteiger partial charge in [0.25, 0.3) is 0 Å². The lowest BCUT2D eigenvalue weighted by molar-refractivity contribution is -0.117. The van der Waals surface area contributed by atoms with Gasteiger partial charge in [0, 0.05) is 17.7 Å². The number of anilines is 1. The monoisotopic (exact) mass is 321 g/mol. The number of nitrogens with one attached hydrogen (secondary N) is 1. The van der Waals surface area contributed by atoms with Gasteiger partial charge in [-0.2, -0.15) is 0 Å². The standard InChI is InChI=1S/C19H19N3O2/c20-15(10-12-4-2-1-3-5-12)18(23)21-14-8-9-16-17(11-14)24-19(22-16)13-6-7-13/h1-5,8-9,11,13,15H,6-7,10,20H2,(H,21,23)/t15-/m0/s1. The molecule has 0 aliphatic heterocycles. The predicted molar refractivity (Wildman–Crippen MR) is 92.7 cm³/mol. The molecule has 0 radical (unpaired) electrons. The van der Waals surface area contributed by atoms with E-state index >= 15 is 0 Å². The summed E-state index contributed by atoms with van der Waals surface area (Å²) >= 11 is 0. The minimum Gasteiger partial charge on any atom is -0.440 e. The van der Waals surface area contributed by atoms with E-state index in [-0.39, 0.29) is 5.91 Å². The van der Waals surface area contributed by atoms with E-state index in [0.717, 1.165) is 29.8 Å². The van der Waals surface area contributed by atoms with Crippen LogP contribution in [0.4, 0.5) is 5.69 Å². The molecule has 1 fully saturated rings. The summed E-state index contributed by atoms with van der Waals surface area (Å²) in [6.07, 6.45) is 2.79. The maximum absolute atomic E-state index is 12.3. The molecule has 1 heterocycles. The summed E-state index contributed by atoms with van der Waals surface area (Å²) in [5, 5.41) is 2.86. The second-order valence-corrected chi connectivity index (χ2v) is 6.29. The molecule has 24 heavy (non-hydrogen) atoms. The number of benzene rings is 2. The van der Waals surface area contributed by atoms with Gasteiger partial charge in [-0.25, -0.2) is 4.98 Å². The highest BCUT2D eigenvalue weighted by atomic mass is 16.3. The van der Waals surface area contributed by atoms with Crippen LogP contribution in [0.25, 0.3) is 11.1 Å². The van der Waals surface area contributed by atoms with E-state index < -0.39 is 6.04 Å². The van der Waals surface area contributed by atoms with Gasteiger partial charge in [-0.15, -0.1) is 0 Å². The van der Waals surface area contributed by atoms with Gasteiger partial charge in [-0.05, 0) is 37.0 Å². The zero-order chi connectivity index (χ0) is 16.5. The van der Waals surface area contributed by atoms with Gasteiger partial charge in [-0.1, -0.05) is 30.3 Å². The fourth-order valence-electron chi connectivity index (χ4n) is 2.72. The van der Waals surface area contributed by atoms with Crippen LogP contribution in [0.2, 0.25) is 0 Å². The predicted octanol–water partition coefficient (Wildman–Crippen LogP) is 3.21. The number of amides is 1. The van der Waals surface area contributed by atoms with Crippen molar-refractivity contribution in [1.82, 2.24) is 4.98 Å². The molecule has 0 saturated heterocycles. The Morgan fingerprint density at radius 3 is 2.79 bits per heavy atom. The van der Waals surface area contributed by atoms with Crippen LogP contribution in [0.15, 0.2) is 52.9 Å². The fraction of sp³-hybridized carbons (Fsp3) is 0.263. The van der Waals surface area contributed by atoms with Crippen LogP contribution in [-0.2, 0) is 11.2 Å². The van der Waals surface area contributed by atoms with Crippen LogP contribution in [0, 0.1) is 0 Å². The van der Waals surface area contributed by atoms with Crippen molar-refractivity contribution in [3.8, 4) is 0 Å². The van der Waals surface area contributed by atoms with Gasteiger partial charge in [0.15, 0.2) is 11.5 Å². The number of nitrogens with two attached hydrogens (primary N) is 1. The lowest BCUT2D eigenvalue weighted by Gasteiger charge is -2.12. The van der Waals surface area contributed by atoms with E-state index in [1.807, 2.05) is 42.5 Å². The van der Waals surface area contributed by atoms with Crippen LogP contribution in [-0.4, -0.2) is 16.9 Å². The number of nitrogens with zero attached hydrogens (tertiary/aromatic N) is 1. The zero-order valence-electron chi connectivity index (χ0n) is 13.2. The first kappa shape index (κ1) is 14.9. The Bertz CT molecular complexity index is 869. The van der Waals surface area contributed by atoms with Crippen molar-refractivity contribution in [2.75, 3.05) is 5.32 Å². The van der Waals surface area contributed by atoms with E-state index in [0.29, 0.717) is 23.6 Å².